The van der Waals surface area contributed by atoms with E-state index in [1.807, 2.05) is 0 Å². The SMILES string of the molecule is CC=CC(=O)OCCC1(C(C)C)NCCO1. The van der Waals surface area contributed by atoms with E-state index < -0.39 is 0 Å². The first-order valence-electron chi connectivity index (χ1n) is 5.79. The van der Waals surface area contributed by atoms with Gasteiger partial charge >= 0.3 is 5.97 Å². The third-order valence-electron chi connectivity index (χ3n) is 2.84. The maximum absolute atomic E-state index is 11.1. The molecule has 4 heteroatoms. The number of allylic oxidation sites excluding steroid dienone is 1. The molecule has 0 spiro atoms. The Bertz CT molecular complexity index is 255. The lowest BCUT2D eigenvalue weighted by molar-refractivity contribution is -0.140. The van der Waals surface area contributed by atoms with Crippen molar-refractivity contribution in [2.75, 3.05) is 19.8 Å². The Morgan fingerprint density at radius 2 is 2.38 bits per heavy atom. The summed E-state index contributed by atoms with van der Waals surface area (Å²) >= 11 is 0. The highest BCUT2D eigenvalue weighted by Crippen LogP contribution is 2.26. The zero-order valence-electron chi connectivity index (χ0n) is 10.3. The van der Waals surface area contributed by atoms with Crippen molar-refractivity contribution in [3.05, 3.63) is 12.2 Å². The number of ether oxygens (including phenoxy) is 2. The quantitative estimate of drug-likeness (QED) is 0.570. The smallest absolute Gasteiger partial charge is 0.330 e. The molecular formula is C12H21NO3. The molecule has 1 unspecified atom stereocenters. The van der Waals surface area contributed by atoms with Crippen LogP contribution in [-0.2, 0) is 14.3 Å². The van der Waals surface area contributed by atoms with E-state index in [-0.39, 0.29) is 11.7 Å². The van der Waals surface area contributed by atoms with Crippen molar-refractivity contribution >= 4 is 5.97 Å². The molecule has 1 rings (SSSR count). The number of carbonyl (C=O) groups excluding carboxylic acids is 1. The van der Waals surface area contributed by atoms with Gasteiger partial charge < -0.3 is 9.47 Å². The minimum atomic E-state index is -0.323. The van der Waals surface area contributed by atoms with Gasteiger partial charge in [0, 0.05) is 19.0 Å². The summed E-state index contributed by atoms with van der Waals surface area (Å²) < 4.78 is 10.8. The van der Waals surface area contributed by atoms with E-state index >= 15 is 0 Å². The van der Waals surface area contributed by atoms with E-state index in [0.717, 1.165) is 13.2 Å². The second-order valence-corrected chi connectivity index (χ2v) is 4.24. The van der Waals surface area contributed by atoms with Gasteiger partial charge in [-0.1, -0.05) is 19.9 Å². The number of hydrogen-bond acceptors (Lipinski definition) is 4. The molecule has 16 heavy (non-hydrogen) atoms. The summed E-state index contributed by atoms with van der Waals surface area (Å²) in [4.78, 5) is 11.1. The van der Waals surface area contributed by atoms with Crippen molar-refractivity contribution in [3.63, 3.8) is 0 Å². The average Bonchev–Trinajstić information content (AvgIpc) is 2.68. The zero-order chi connectivity index (χ0) is 12.0. The highest BCUT2D eigenvalue weighted by Gasteiger charge is 2.37. The largest absolute Gasteiger partial charge is 0.462 e. The summed E-state index contributed by atoms with van der Waals surface area (Å²) in [5.41, 5.74) is -0.323. The zero-order valence-corrected chi connectivity index (χ0v) is 10.3. The standard InChI is InChI=1S/C12H21NO3/c1-4-5-11(14)15-8-6-12(10(2)3)13-7-9-16-12/h4-5,10,13H,6-9H2,1-3H3. The second-order valence-electron chi connectivity index (χ2n) is 4.24. The Morgan fingerprint density at radius 1 is 1.62 bits per heavy atom. The maximum atomic E-state index is 11.1. The Morgan fingerprint density at radius 3 is 2.88 bits per heavy atom. The number of hydrogen-bond donors (Lipinski definition) is 1. The third kappa shape index (κ3) is 3.32. The van der Waals surface area contributed by atoms with Crippen molar-refractivity contribution in [2.45, 2.75) is 32.9 Å². The van der Waals surface area contributed by atoms with Gasteiger partial charge in [0.15, 0.2) is 0 Å². The molecule has 4 nitrogen and oxygen atoms in total. The topological polar surface area (TPSA) is 47.6 Å². The predicted octanol–water partition coefficient (Wildman–Crippen LogP) is 1.47. The van der Waals surface area contributed by atoms with Gasteiger partial charge in [0.25, 0.3) is 0 Å². The molecular weight excluding hydrogens is 206 g/mol. The first kappa shape index (κ1) is 13.2. The maximum Gasteiger partial charge on any atom is 0.330 e. The van der Waals surface area contributed by atoms with Gasteiger partial charge in [0.1, 0.15) is 5.72 Å². The highest BCUT2D eigenvalue weighted by molar-refractivity contribution is 5.81. The molecule has 0 bridgehead atoms. The second kappa shape index (κ2) is 6.01. The minimum absolute atomic E-state index is 0.292. The van der Waals surface area contributed by atoms with Crippen LogP contribution >= 0.6 is 0 Å². The summed E-state index contributed by atoms with van der Waals surface area (Å²) in [5.74, 6) is 0.0647. The molecule has 1 heterocycles. The van der Waals surface area contributed by atoms with Gasteiger partial charge in [-0.25, -0.2) is 4.79 Å². The van der Waals surface area contributed by atoms with Crippen molar-refractivity contribution in [2.24, 2.45) is 5.92 Å². The molecule has 1 fully saturated rings. The van der Waals surface area contributed by atoms with Gasteiger partial charge in [-0.3, -0.25) is 5.32 Å². The third-order valence-corrected chi connectivity index (χ3v) is 2.84. The molecule has 0 amide bonds. The Labute approximate surface area is 97.0 Å². The lowest BCUT2D eigenvalue weighted by Gasteiger charge is -2.32. The van der Waals surface area contributed by atoms with Crippen molar-refractivity contribution in [1.82, 2.24) is 5.32 Å². The number of carbonyl (C=O) groups is 1. The molecule has 1 aliphatic rings. The predicted molar refractivity (Wildman–Crippen MR) is 61.9 cm³/mol. The fourth-order valence-corrected chi connectivity index (χ4v) is 1.85. The number of rotatable bonds is 5. The van der Waals surface area contributed by atoms with Crippen LogP contribution in [0.15, 0.2) is 12.2 Å². The van der Waals surface area contributed by atoms with Crippen molar-refractivity contribution < 1.29 is 14.3 Å². The van der Waals surface area contributed by atoms with Gasteiger partial charge in [-0.2, -0.15) is 0 Å². The van der Waals surface area contributed by atoms with E-state index in [9.17, 15) is 4.79 Å². The van der Waals surface area contributed by atoms with Gasteiger partial charge in [0.05, 0.1) is 13.2 Å². The van der Waals surface area contributed by atoms with E-state index in [4.69, 9.17) is 9.47 Å². The van der Waals surface area contributed by atoms with E-state index in [1.165, 1.54) is 6.08 Å². The summed E-state index contributed by atoms with van der Waals surface area (Å²) in [7, 11) is 0. The summed E-state index contributed by atoms with van der Waals surface area (Å²) in [6.07, 6.45) is 3.78. The monoisotopic (exact) mass is 227 g/mol. The van der Waals surface area contributed by atoms with Gasteiger partial charge in [0.2, 0.25) is 0 Å². The molecule has 0 aromatic rings. The fourth-order valence-electron chi connectivity index (χ4n) is 1.85. The summed E-state index contributed by atoms with van der Waals surface area (Å²) in [6, 6.07) is 0. The Balaban J connectivity index is 2.37. The molecule has 0 aromatic carbocycles. The van der Waals surface area contributed by atoms with Crippen LogP contribution in [-0.4, -0.2) is 31.5 Å². The summed E-state index contributed by atoms with van der Waals surface area (Å²) in [5, 5.41) is 3.34. The van der Waals surface area contributed by atoms with Crippen LogP contribution in [0.4, 0.5) is 0 Å². The molecule has 0 aromatic heterocycles. The fraction of sp³-hybridized carbons (Fsp3) is 0.750. The normalized spacial score (nSPS) is 25.5. The van der Waals surface area contributed by atoms with Crippen molar-refractivity contribution in [1.29, 1.82) is 0 Å². The van der Waals surface area contributed by atoms with Crippen LogP contribution in [0, 0.1) is 5.92 Å². The van der Waals surface area contributed by atoms with Crippen molar-refractivity contribution in [3.8, 4) is 0 Å². The highest BCUT2D eigenvalue weighted by atomic mass is 16.5. The molecule has 92 valence electrons. The minimum Gasteiger partial charge on any atom is -0.462 e. The van der Waals surface area contributed by atoms with Crippen LogP contribution in [0.25, 0.3) is 0 Å². The molecule has 1 saturated heterocycles. The van der Waals surface area contributed by atoms with Crippen LogP contribution < -0.4 is 5.32 Å². The van der Waals surface area contributed by atoms with Crippen LogP contribution in [0.2, 0.25) is 0 Å². The molecule has 0 radical (unpaired) electrons. The summed E-state index contributed by atoms with van der Waals surface area (Å²) in [6.45, 7) is 7.97. The van der Waals surface area contributed by atoms with Gasteiger partial charge in [-0.15, -0.1) is 0 Å². The van der Waals surface area contributed by atoms with Crippen LogP contribution in [0.3, 0.4) is 0 Å². The van der Waals surface area contributed by atoms with E-state index in [2.05, 4.69) is 19.2 Å². The van der Waals surface area contributed by atoms with Gasteiger partial charge in [-0.05, 0) is 12.8 Å². The molecule has 1 N–H and O–H groups in total. The Hall–Kier alpha value is -0.870. The lowest BCUT2D eigenvalue weighted by atomic mass is 9.97. The number of nitrogens with one attached hydrogen (secondary N) is 1. The molecule has 0 aliphatic carbocycles. The average molecular weight is 227 g/mol. The molecule has 1 atom stereocenters. The number of esters is 1. The van der Waals surface area contributed by atoms with E-state index in [1.54, 1.807) is 13.0 Å². The van der Waals surface area contributed by atoms with Crippen LogP contribution in [0.1, 0.15) is 27.2 Å². The molecule has 1 aliphatic heterocycles. The molecule has 0 saturated carbocycles. The first-order chi connectivity index (χ1) is 7.60. The first-order valence-corrected chi connectivity index (χ1v) is 5.79. The van der Waals surface area contributed by atoms with E-state index in [0.29, 0.717) is 18.9 Å². The Kier molecular flexibility index (Phi) is 4.96. The van der Waals surface area contributed by atoms with Crippen LogP contribution in [0.5, 0.6) is 0 Å². The lowest BCUT2D eigenvalue weighted by Crippen LogP contribution is -2.47.